The Bertz CT molecular complexity index is 1400. The molecule has 3 aromatic rings. The van der Waals surface area contributed by atoms with Gasteiger partial charge >= 0.3 is 6.01 Å². The minimum atomic E-state index is -2.94. The van der Waals surface area contributed by atoms with E-state index in [4.69, 9.17) is 9.47 Å². The van der Waals surface area contributed by atoms with Crippen molar-refractivity contribution >= 4 is 16.9 Å². The lowest BCUT2D eigenvalue weighted by Gasteiger charge is -2.41. The highest BCUT2D eigenvalue weighted by Gasteiger charge is 2.48. The monoisotopic (exact) mass is 526 g/mol. The molecule has 0 radical (unpaired) electrons. The molecule has 1 N–H and O–H groups in total. The number of ether oxygens (including phenoxy) is 2. The molecule has 0 amide bonds. The van der Waals surface area contributed by atoms with Crippen molar-refractivity contribution in [1.82, 2.24) is 19.9 Å². The predicted octanol–water partition coefficient (Wildman–Crippen LogP) is 5.31. The number of fused-ring (bicyclic) bond motifs is 1. The summed E-state index contributed by atoms with van der Waals surface area (Å²) in [5.41, 5.74) is -0.387. The Balaban J connectivity index is 1.55. The lowest BCUT2D eigenvalue weighted by Crippen LogP contribution is -2.56. The van der Waals surface area contributed by atoms with Gasteiger partial charge in [-0.1, -0.05) is 18.2 Å². The van der Waals surface area contributed by atoms with Gasteiger partial charge in [0.05, 0.1) is 35.6 Å². The second-order valence-electron chi connectivity index (χ2n) is 10.2. The molecular weight excluding hydrogens is 497 g/mol. The molecule has 1 aliphatic carbocycles. The molecule has 2 aromatic heterocycles. The van der Waals surface area contributed by atoms with E-state index in [0.717, 1.165) is 19.2 Å². The molecular formula is C27H29F3N6O2. The number of methoxy groups -OCH3 is 1. The molecule has 0 unspecified atom stereocenters. The van der Waals surface area contributed by atoms with Crippen molar-refractivity contribution in [2.75, 3.05) is 25.5 Å². The summed E-state index contributed by atoms with van der Waals surface area (Å²) in [7, 11) is 1.48. The molecule has 38 heavy (non-hydrogen) atoms. The van der Waals surface area contributed by atoms with Crippen LogP contribution in [-0.4, -0.2) is 52.2 Å². The maximum Gasteiger partial charge on any atom is 0.320 e. The molecule has 8 nitrogen and oxygen atoms in total. The molecule has 0 spiro atoms. The molecule has 11 heteroatoms. The van der Waals surface area contributed by atoms with E-state index in [-0.39, 0.29) is 23.3 Å². The van der Waals surface area contributed by atoms with Crippen LogP contribution in [0.4, 0.5) is 19.0 Å². The number of benzene rings is 1. The van der Waals surface area contributed by atoms with Crippen LogP contribution in [0.1, 0.15) is 62.8 Å². The number of alkyl halides is 2. The Morgan fingerprint density at radius 1 is 1.13 bits per heavy atom. The second kappa shape index (κ2) is 9.91. The summed E-state index contributed by atoms with van der Waals surface area (Å²) in [5.74, 6) is -0.377. The zero-order valence-electron chi connectivity index (χ0n) is 21.6. The van der Waals surface area contributed by atoms with Crippen LogP contribution in [0.3, 0.4) is 0 Å². The van der Waals surface area contributed by atoms with Crippen molar-refractivity contribution in [2.24, 2.45) is 0 Å². The van der Waals surface area contributed by atoms with Crippen molar-refractivity contribution < 1.29 is 22.6 Å². The van der Waals surface area contributed by atoms with Gasteiger partial charge in [-0.15, -0.1) is 0 Å². The highest BCUT2D eigenvalue weighted by molar-refractivity contribution is 5.88. The molecule has 1 saturated heterocycles. The summed E-state index contributed by atoms with van der Waals surface area (Å²) < 4.78 is 53.1. The molecule has 1 aliphatic heterocycles. The van der Waals surface area contributed by atoms with E-state index >= 15 is 0 Å². The van der Waals surface area contributed by atoms with Crippen LogP contribution in [0.15, 0.2) is 24.3 Å². The van der Waals surface area contributed by atoms with Crippen LogP contribution in [0, 0.1) is 17.1 Å². The van der Waals surface area contributed by atoms with Gasteiger partial charge in [-0.25, -0.2) is 13.2 Å². The Labute approximate surface area is 218 Å². The SMILES string of the molecule is COc1nc2nc(OC3CN(C(C)C)C3)nc(N[C@H](C)c3cccc(C(F)F)c3F)c2cc1C1(C#N)CC1. The first-order valence-electron chi connectivity index (χ1n) is 12.6. The first-order valence-corrected chi connectivity index (χ1v) is 12.6. The van der Waals surface area contributed by atoms with Crippen LogP contribution < -0.4 is 14.8 Å². The zero-order valence-corrected chi connectivity index (χ0v) is 21.6. The zero-order chi connectivity index (χ0) is 27.2. The number of anilines is 1. The largest absolute Gasteiger partial charge is 0.481 e. The second-order valence-corrected chi connectivity index (χ2v) is 10.2. The van der Waals surface area contributed by atoms with Gasteiger partial charge < -0.3 is 14.8 Å². The summed E-state index contributed by atoms with van der Waals surface area (Å²) >= 11 is 0. The van der Waals surface area contributed by atoms with E-state index in [2.05, 4.69) is 45.1 Å². The number of likely N-dealkylation sites (tertiary alicyclic amines) is 1. The van der Waals surface area contributed by atoms with Crippen LogP contribution >= 0.6 is 0 Å². The molecule has 0 bridgehead atoms. The summed E-state index contributed by atoms with van der Waals surface area (Å²) in [4.78, 5) is 15.9. The summed E-state index contributed by atoms with van der Waals surface area (Å²) in [5, 5.41) is 13.4. The quantitative estimate of drug-likeness (QED) is 0.401. The van der Waals surface area contributed by atoms with E-state index < -0.39 is 29.3 Å². The van der Waals surface area contributed by atoms with Crippen molar-refractivity contribution in [3.05, 3.63) is 46.8 Å². The Kier molecular flexibility index (Phi) is 6.77. The van der Waals surface area contributed by atoms with Crippen molar-refractivity contribution in [2.45, 2.75) is 63.6 Å². The first-order chi connectivity index (χ1) is 18.2. The number of rotatable bonds is 9. The topological polar surface area (TPSA) is 96.2 Å². The summed E-state index contributed by atoms with van der Waals surface area (Å²) in [6, 6.07) is 7.80. The van der Waals surface area contributed by atoms with E-state index in [1.54, 1.807) is 13.0 Å². The Hall–Kier alpha value is -3.65. The van der Waals surface area contributed by atoms with E-state index in [0.29, 0.717) is 41.5 Å². The number of nitrogens with one attached hydrogen (secondary N) is 1. The molecule has 5 rings (SSSR count). The van der Waals surface area contributed by atoms with Gasteiger partial charge in [0.2, 0.25) is 5.88 Å². The Morgan fingerprint density at radius 2 is 1.84 bits per heavy atom. The number of hydrogen-bond acceptors (Lipinski definition) is 8. The summed E-state index contributed by atoms with van der Waals surface area (Å²) in [6.45, 7) is 7.32. The van der Waals surface area contributed by atoms with Crippen molar-refractivity contribution in [3.8, 4) is 18.0 Å². The maximum absolute atomic E-state index is 14.9. The van der Waals surface area contributed by atoms with Gasteiger partial charge in [-0.2, -0.15) is 20.2 Å². The number of aromatic nitrogens is 3. The predicted molar refractivity (Wildman–Crippen MR) is 135 cm³/mol. The molecule has 3 heterocycles. The molecule has 1 aromatic carbocycles. The normalized spacial score (nSPS) is 17.8. The highest BCUT2D eigenvalue weighted by Crippen LogP contribution is 2.51. The Morgan fingerprint density at radius 3 is 2.45 bits per heavy atom. The maximum atomic E-state index is 14.9. The van der Waals surface area contributed by atoms with Gasteiger partial charge in [-0.3, -0.25) is 4.90 Å². The minimum Gasteiger partial charge on any atom is -0.481 e. The van der Waals surface area contributed by atoms with Crippen LogP contribution in [-0.2, 0) is 5.41 Å². The standard InChI is InChI=1S/C27H29F3N6O2/c1-14(2)36-11-16(12-36)38-26-34-23(32-15(3)17-6-5-7-18(21(17)28)22(29)30)19-10-20(27(13-31)8-9-27)25(37-4)33-24(19)35-26/h5-7,10,14-16,22H,8-9,11-12H2,1-4H3,(H,32,33,34,35)/t15-/m1/s1. The van der Waals surface area contributed by atoms with Crippen molar-refractivity contribution in [1.29, 1.82) is 5.26 Å². The van der Waals surface area contributed by atoms with Gasteiger partial charge in [0, 0.05) is 30.3 Å². The third-order valence-electron chi connectivity index (χ3n) is 7.30. The molecule has 2 aliphatic rings. The lowest BCUT2D eigenvalue weighted by molar-refractivity contribution is -0.00467. The fourth-order valence-corrected chi connectivity index (χ4v) is 4.71. The molecule has 1 atom stereocenters. The first kappa shape index (κ1) is 26.0. The van der Waals surface area contributed by atoms with Crippen molar-refractivity contribution in [3.63, 3.8) is 0 Å². The fraction of sp³-hybridized carbons (Fsp3) is 0.481. The van der Waals surface area contributed by atoms with Crippen LogP contribution in [0.5, 0.6) is 11.9 Å². The molecule has 1 saturated carbocycles. The highest BCUT2D eigenvalue weighted by atomic mass is 19.3. The van der Waals surface area contributed by atoms with Gasteiger partial charge in [0.1, 0.15) is 17.7 Å². The third-order valence-corrected chi connectivity index (χ3v) is 7.30. The number of halogens is 3. The van der Waals surface area contributed by atoms with Gasteiger partial charge in [0.25, 0.3) is 6.43 Å². The number of pyridine rings is 1. The molecule has 200 valence electrons. The average molecular weight is 527 g/mol. The van der Waals surface area contributed by atoms with E-state index in [9.17, 15) is 18.4 Å². The lowest BCUT2D eigenvalue weighted by atomic mass is 9.97. The molecule has 2 fully saturated rings. The minimum absolute atomic E-state index is 0.0704. The van der Waals surface area contributed by atoms with E-state index in [1.807, 2.05) is 0 Å². The fourth-order valence-electron chi connectivity index (χ4n) is 4.71. The number of nitriles is 1. The number of nitrogens with zero attached hydrogens (tertiary/aromatic N) is 5. The smallest absolute Gasteiger partial charge is 0.320 e. The average Bonchev–Trinajstić information content (AvgIpc) is 3.66. The van der Waals surface area contributed by atoms with E-state index in [1.165, 1.54) is 19.2 Å². The van der Waals surface area contributed by atoms with Crippen LogP contribution in [0.25, 0.3) is 11.0 Å². The summed E-state index contributed by atoms with van der Waals surface area (Å²) in [6.07, 6.45) is -1.69. The third kappa shape index (κ3) is 4.69. The van der Waals surface area contributed by atoms with Crippen LogP contribution in [0.2, 0.25) is 0 Å². The van der Waals surface area contributed by atoms with Gasteiger partial charge in [-0.05, 0) is 39.7 Å². The number of hydrogen-bond donors (Lipinski definition) is 1. The van der Waals surface area contributed by atoms with Gasteiger partial charge in [0.15, 0.2) is 5.65 Å².